The standard InChI is InChI=1S/C20H23ClN2O5S2/c1-27-16-5-8-18(28-2)19(13-16)30(25,26)23-11-9-22(10-12-23)20(24)14-29-17-6-3-15(21)4-7-17/h3-8,13H,9-12,14H2,1-2H3. The van der Waals surface area contributed by atoms with Gasteiger partial charge in [-0.25, -0.2) is 8.42 Å². The number of methoxy groups -OCH3 is 2. The summed E-state index contributed by atoms with van der Waals surface area (Å²) >= 11 is 7.30. The summed E-state index contributed by atoms with van der Waals surface area (Å²) in [4.78, 5) is 15.2. The molecule has 0 saturated carbocycles. The molecule has 1 heterocycles. The van der Waals surface area contributed by atoms with Gasteiger partial charge < -0.3 is 14.4 Å². The van der Waals surface area contributed by atoms with E-state index in [9.17, 15) is 13.2 Å². The number of carbonyl (C=O) groups excluding carboxylic acids is 1. The first-order valence-corrected chi connectivity index (χ1v) is 12.0. The predicted molar refractivity (Wildman–Crippen MR) is 117 cm³/mol. The first-order chi connectivity index (χ1) is 14.3. The van der Waals surface area contributed by atoms with E-state index < -0.39 is 10.0 Å². The van der Waals surface area contributed by atoms with Gasteiger partial charge in [-0.2, -0.15) is 4.31 Å². The monoisotopic (exact) mass is 470 g/mol. The number of piperazine rings is 1. The van der Waals surface area contributed by atoms with Gasteiger partial charge in [0.1, 0.15) is 16.4 Å². The Morgan fingerprint density at radius 3 is 2.30 bits per heavy atom. The molecule has 1 fully saturated rings. The van der Waals surface area contributed by atoms with E-state index in [1.165, 1.54) is 36.4 Å². The first kappa shape index (κ1) is 22.7. The lowest BCUT2D eigenvalue weighted by molar-refractivity contribution is -0.129. The zero-order valence-corrected chi connectivity index (χ0v) is 19.1. The lowest BCUT2D eigenvalue weighted by atomic mass is 10.3. The number of amides is 1. The molecule has 0 radical (unpaired) electrons. The van der Waals surface area contributed by atoms with Crippen molar-refractivity contribution in [2.75, 3.05) is 46.2 Å². The van der Waals surface area contributed by atoms with Crippen LogP contribution in [0.1, 0.15) is 0 Å². The second-order valence-electron chi connectivity index (χ2n) is 6.54. The molecule has 7 nitrogen and oxygen atoms in total. The normalized spacial score (nSPS) is 15.1. The summed E-state index contributed by atoms with van der Waals surface area (Å²) in [7, 11) is -0.870. The van der Waals surface area contributed by atoms with E-state index >= 15 is 0 Å². The van der Waals surface area contributed by atoms with Crippen LogP contribution in [0.4, 0.5) is 0 Å². The largest absolute Gasteiger partial charge is 0.497 e. The number of rotatable bonds is 7. The molecule has 1 saturated heterocycles. The van der Waals surface area contributed by atoms with E-state index in [4.69, 9.17) is 21.1 Å². The molecule has 1 aliphatic heterocycles. The molecule has 1 amide bonds. The summed E-state index contributed by atoms with van der Waals surface area (Å²) in [6.07, 6.45) is 0. The van der Waals surface area contributed by atoms with Gasteiger partial charge in [0.25, 0.3) is 0 Å². The molecule has 162 valence electrons. The maximum Gasteiger partial charge on any atom is 0.247 e. The molecule has 0 unspecified atom stereocenters. The highest BCUT2D eigenvalue weighted by Crippen LogP contribution is 2.31. The molecule has 0 bridgehead atoms. The highest BCUT2D eigenvalue weighted by Gasteiger charge is 2.32. The SMILES string of the molecule is COc1ccc(OC)c(S(=O)(=O)N2CCN(C(=O)CSc3ccc(Cl)cc3)CC2)c1. The van der Waals surface area contributed by atoms with E-state index in [1.54, 1.807) is 29.2 Å². The zero-order valence-electron chi connectivity index (χ0n) is 16.7. The Morgan fingerprint density at radius 1 is 1.03 bits per heavy atom. The second-order valence-corrected chi connectivity index (χ2v) is 9.94. The number of benzene rings is 2. The Morgan fingerprint density at radius 2 is 1.70 bits per heavy atom. The van der Waals surface area contributed by atoms with Gasteiger partial charge in [0, 0.05) is 42.2 Å². The summed E-state index contributed by atoms with van der Waals surface area (Å²) in [5, 5.41) is 0.649. The van der Waals surface area contributed by atoms with Crippen molar-refractivity contribution in [1.82, 2.24) is 9.21 Å². The third-order valence-electron chi connectivity index (χ3n) is 4.76. The molecule has 3 rings (SSSR count). The topological polar surface area (TPSA) is 76.2 Å². The van der Waals surface area contributed by atoms with Gasteiger partial charge in [0.2, 0.25) is 15.9 Å². The predicted octanol–water partition coefficient (Wildman–Crippen LogP) is 2.98. The summed E-state index contributed by atoms with van der Waals surface area (Å²) in [6, 6.07) is 12.0. The summed E-state index contributed by atoms with van der Waals surface area (Å²) in [5.74, 6) is 0.958. The minimum absolute atomic E-state index is 0.0223. The number of hydrogen-bond donors (Lipinski definition) is 0. The van der Waals surface area contributed by atoms with Crippen molar-refractivity contribution in [2.45, 2.75) is 9.79 Å². The van der Waals surface area contributed by atoms with E-state index in [2.05, 4.69) is 0 Å². The second kappa shape index (κ2) is 9.91. The lowest BCUT2D eigenvalue weighted by Gasteiger charge is -2.34. The highest BCUT2D eigenvalue weighted by molar-refractivity contribution is 8.00. The molecule has 10 heteroatoms. The van der Waals surface area contributed by atoms with Crippen molar-refractivity contribution in [3.05, 3.63) is 47.5 Å². The average molecular weight is 471 g/mol. The Bertz CT molecular complexity index is 991. The summed E-state index contributed by atoms with van der Waals surface area (Å²) in [5.41, 5.74) is 0. The Labute approximate surface area is 185 Å². The van der Waals surface area contributed by atoms with Crippen LogP contribution in [0.3, 0.4) is 0 Å². The maximum atomic E-state index is 13.1. The fourth-order valence-corrected chi connectivity index (χ4v) is 5.59. The fourth-order valence-electron chi connectivity index (χ4n) is 3.07. The van der Waals surface area contributed by atoms with Crippen molar-refractivity contribution in [3.8, 4) is 11.5 Å². The number of ether oxygens (including phenoxy) is 2. The third kappa shape index (κ3) is 5.21. The van der Waals surface area contributed by atoms with E-state index in [1.807, 2.05) is 12.1 Å². The molecule has 0 atom stereocenters. The van der Waals surface area contributed by atoms with Gasteiger partial charge in [0.05, 0.1) is 20.0 Å². The molecule has 0 N–H and O–H groups in total. The van der Waals surface area contributed by atoms with Gasteiger partial charge >= 0.3 is 0 Å². The molecule has 0 aliphatic carbocycles. The van der Waals surface area contributed by atoms with Crippen LogP contribution in [-0.4, -0.2) is 69.7 Å². The Balaban J connectivity index is 1.61. The highest BCUT2D eigenvalue weighted by atomic mass is 35.5. The molecule has 2 aromatic carbocycles. The number of sulfonamides is 1. The zero-order chi connectivity index (χ0) is 21.7. The van der Waals surface area contributed by atoms with E-state index in [0.29, 0.717) is 23.9 Å². The summed E-state index contributed by atoms with van der Waals surface area (Å²) in [6.45, 7) is 1.12. The van der Waals surface area contributed by atoms with E-state index in [0.717, 1.165) is 4.90 Å². The van der Waals surface area contributed by atoms with Crippen LogP contribution in [0.15, 0.2) is 52.3 Å². The minimum atomic E-state index is -3.77. The molecule has 0 spiro atoms. The molecule has 0 aromatic heterocycles. The molecule has 30 heavy (non-hydrogen) atoms. The Hall–Kier alpha value is -1.94. The van der Waals surface area contributed by atoms with Gasteiger partial charge in [-0.15, -0.1) is 11.8 Å². The quantitative estimate of drug-likeness (QED) is 0.579. The van der Waals surface area contributed by atoms with Crippen molar-refractivity contribution in [1.29, 1.82) is 0 Å². The number of halogens is 1. The van der Waals surface area contributed by atoms with Gasteiger partial charge in [0.15, 0.2) is 0 Å². The van der Waals surface area contributed by atoms with Crippen LogP contribution < -0.4 is 9.47 Å². The van der Waals surface area contributed by atoms with Gasteiger partial charge in [-0.1, -0.05) is 11.6 Å². The van der Waals surface area contributed by atoms with Gasteiger partial charge in [-0.3, -0.25) is 4.79 Å². The molecule has 2 aromatic rings. The first-order valence-electron chi connectivity index (χ1n) is 9.23. The van der Waals surface area contributed by atoms with Crippen molar-refractivity contribution < 1.29 is 22.7 Å². The van der Waals surface area contributed by atoms with Crippen LogP contribution in [0.25, 0.3) is 0 Å². The number of hydrogen-bond acceptors (Lipinski definition) is 6. The van der Waals surface area contributed by atoms with Crippen molar-refractivity contribution in [2.24, 2.45) is 0 Å². The van der Waals surface area contributed by atoms with Crippen LogP contribution in [0, 0.1) is 0 Å². The molecular weight excluding hydrogens is 448 g/mol. The number of thioether (sulfide) groups is 1. The summed E-state index contributed by atoms with van der Waals surface area (Å²) < 4.78 is 38.0. The van der Waals surface area contributed by atoms with Crippen LogP contribution in [-0.2, 0) is 14.8 Å². The smallest absolute Gasteiger partial charge is 0.247 e. The van der Waals surface area contributed by atoms with Gasteiger partial charge in [-0.05, 0) is 36.4 Å². The third-order valence-corrected chi connectivity index (χ3v) is 7.92. The Kier molecular flexibility index (Phi) is 7.51. The number of nitrogens with zero attached hydrogens (tertiary/aromatic N) is 2. The number of carbonyl (C=O) groups is 1. The maximum absolute atomic E-state index is 13.1. The molecular formula is C20H23ClN2O5S2. The lowest BCUT2D eigenvalue weighted by Crippen LogP contribution is -2.51. The van der Waals surface area contributed by atoms with Crippen LogP contribution in [0.5, 0.6) is 11.5 Å². The van der Waals surface area contributed by atoms with Crippen molar-refractivity contribution >= 4 is 39.3 Å². The van der Waals surface area contributed by atoms with Crippen LogP contribution in [0.2, 0.25) is 5.02 Å². The average Bonchev–Trinajstić information content (AvgIpc) is 2.78. The van der Waals surface area contributed by atoms with E-state index in [-0.39, 0.29) is 35.4 Å². The van der Waals surface area contributed by atoms with Crippen molar-refractivity contribution in [3.63, 3.8) is 0 Å². The minimum Gasteiger partial charge on any atom is -0.497 e. The fraction of sp³-hybridized carbons (Fsp3) is 0.350. The van der Waals surface area contributed by atoms with Crippen LogP contribution >= 0.6 is 23.4 Å². The molecule has 1 aliphatic rings.